The van der Waals surface area contributed by atoms with Crippen LogP contribution in [0.15, 0.2) is 70.3 Å². The van der Waals surface area contributed by atoms with Gasteiger partial charge in [0.15, 0.2) is 0 Å². The van der Waals surface area contributed by atoms with Gasteiger partial charge in [0, 0.05) is 17.2 Å². The molecule has 7 heteroatoms. The molecule has 0 saturated heterocycles. The predicted octanol–water partition coefficient (Wildman–Crippen LogP) is 5.95. The molecule has 174 valence electrons. The normalized spacial score (nSPS) is 11.5. The maximum Gasteiger partial charge on any atom is 0.276 e. The molecule has 2 aromatic heterocycles. The van der Waals surface area contributed by atoms with Gasteiger partial charge in [-0.15, -0.1) is 0 Å². The maximum atomic E-state index is 13.2. The minimum Gasteiger partial charge on any atom is -0.472 e. The Morgan fingerprint density at radius 3 is 2.56 bits per heavy atom. The first-order valence-electron chi connectivity index (χ1n) is 11.0. The Morgan fingerprint density at radius 1 is 1.03 bits per heavy atom. The number of hydrogen-bond donors (Lipinski definition) is 0. The van der Waals surface area contributed by atoms with Gasteiger partial charge in [-0.1, -0.05) is 62.7 Å². The van der Waals surface area contributed by atoms with E-state index in [2.05, 4.69) is 46.7 Å². The zero-order chi connectivity index (χ0) is 24.5. The van der Waals surface area contributed by atoms with E-state index in [0.717, 1.165) is 39.5 Å². The van der Waals surface area contributed by atoms with E-state index < -0.39 is 0 Å². The van der Waals surface area contributed by atoms with Crippen LogP contribution in [0, 0.1) is 13.8 Å². The number of hydrogen-bond acceptors (Lipinski definition) is 5. The second-order valence-electron chi connectivity index (χ2n) is 9.33. The van der Waals surface area contributed by atoms with E-state index in [-0.39, 0.29) is 21.3 Å². The standard InChI is InChI=1S/C27H27BrN4O2/c1-17-7-6-8-19(13-17)15-34-24-23(28)25(33)32(16-30-24)22-14-20(10-9-18(22)2)21-11-12-29-26(31-21)27(3,4)5/h6-14,16H,15H2,1-5H3. The molecule has 0 atom stereocenters. The molecule has 2 heterocycles. The van der Waals surface area contributed by atoms with Crippen molar-refractivity contribution >= 4 is 15.9 Å². The third kappa shape index (κ3) is 5.09. The van der Waals surface area contributed by atoms with Crippen molar-refractivity contribution in [3.8, 4) is 22.8 Å². The molecule has 0 aliphatic heterocycles. The summed E-state index contributed by atoms with van der Waals surface area (Å²) in [5, 5.41) is 0. The summed E-state index contributed by atoms with van der Waals surface area (Å²) >= 11 is 3.39. The summed E-state index contributed by atoms with van der Waals surface area (Å²) in [4.78, 5) is 26.8. The van der Waals surface area contributed by atoms with Gasteiger partial charge in [-0.25, -0.2) is 15.0 Å². The van der Waals surface area contributed by atoms with Gasteiger partial charge in [-0.05, 0) is 53.0 Å². The molecule has 34 heavy (non-hydrogen) atoms. The minimum absolute atomic E-state index is 0.163. The summed E-state index contributed by atoms with van der Waals surface area (Å²) in [5.74, 6) is 1.03. The Bertz CT molecular complexity index is 1410. The van der Waals surface area contributed by atoms with Crippen molar-refractivity contribution in [1.82, 2.24) is 19.5 Å². The van der Waals surface area contributed by atoms with Crippen LogP contribution in [-0.4, -0.2) is 19.5 Å². The van der Waals surface area contributed by atoms with Gasteiger partial charge in [0.2, 0.25) is 5.88 Å². The number of rotatable bonds is 5. The van der Waals surface area contributed by atoms with E-state index >= 15 is 0 Å². The molecule has 0 fully saturated rings. The summed E-state index contributed by atoms with van der Waals surface area (Å²) in [6, 6.07) is 15.8. The Balaban J connectivity index is 1.67. The lowest BCUT2D eigenvalue weighted by molar-refractivity contribution is 0.290. The number of nitrogens with zero attached hydrogens (tertiary/aromatic N) is 4. The molecule has 0 aliphatic carbocycles. The zero-order valence-electron chi connectivity index (χ0n) is 20.0. The van der Waals surface area contributed by atoms with Crippen LogP contribution in [-0.2, 0) is 12.0 Å². The van der Waals surface area contributed by atoms with Crippen molar-refractivity contribution in [3.63, 3.8) is 0 Å². The van der Waals surface area contributed by atoms with Crippen molar-refractivity contribution in [2.75, 3.05) is 0 Å². The van der Waals surface area contributed by atoms with E-state index in [1.807, 2.05) is 62.4 Å². The van der Waals surface area contributed by atoms with Gasteiger partial charge in [-0.3, -0.25) is 9.36 Å². The maximum absolute atomic E-state index is 13.2. The lowest BCUT2D eigenvalue weighted by atomic mass is 9.95. The topological polar surface area (TPSA) is 69.9 Å². The van der Waals surface area contributed by atoms with Gasteiger partial charge in [0.1, 0.15) is 23.2 Å². The number of ether oxygens (including phenoxy) is 1. The molecular weight excluding hydrogens is 492 g/mol. The fourth-order valence-electron chi connectivity index (χ4n) is 3.55. The average molecular weight is 519 g/mol. The van der Waals surface area contributed by atoms with Crippen molar-refractivity contribution in [3.05, 3.63) is 98.4 Å². The highest BCUT2D eigenvalue weighted by molar-refractivity contribution is 9.10. The SMILES string of the molecule is Cc1cccc(COc2ncn(-c3cc(-c4ccnc(C(C)(C)C)n4)ccc3C)c(=O)c2Br)c1. The lowest BCUT2D eigenvalue weighted by Crippen LogP contribution is -2.21. The number of benzene rings is 2. The lowest BCUT2D eigenvalue weighted by Gasteiger charge is -2.17. The average Bonchev–Trinajstić information content (AvgIpc) is 2.80. The Kier molecular flexibility index (Phi) is 6.66. The first kappa shape index (κ1) is 23.8. The van der Waals surface area contributed by atoms with Crippen molar-refractivity contribution < 1.29 is 4.74 Å². The summed E-state index contributed by atoms with van der Waals surface area (Å²) < 4.78 is 7.63. The number of aromatic nitrogens is 4. The fourth-order valence-corrected chi connectivity index (χ4v) is 3.96. The largest absolute Gasteiger partial charge is 0.472 e. The van der Waals surface area contributed by atoms with Crippen molar-refractivity contribution in [1.29, 1.82) is 0 Å². The fraction of sp³-hybridized carbons (Fsp3) is 0.259. The highest BCUT2D eigenvalue weighted by Crippen LogP contribution is 2.26. The summed E-state index contributed by atoms with van der Waals surface area (Å²) in [6.45, 7) is 10.6. The van der Waals surface area contributed by atoms with E-state index in [0.29, 0.717) is 6.61 Å². The molecule has 0 N–H and O–H groups in total. The van der Waals surface area contributed by atoms with E-state index in [1.165, 1.54) is 10.9 Å². The van der Waals surface area contributed by atoms with Crippen LogP contribution in [0.25, 0.3) is 16.9 Å². The van der Waals surface area contributed by atoms with Crippen LogP contribution < -0.4 is 10.3 Å². The minimum atomic E-state index is -0.243. The first-order valence-corrected chi connectivity index (χ1v) is 11.8. The van der Waals surface area contributed by atoms with Crippen LogP contribution >= 0.6 is 15.9 Å². The highest BCUT2D eigenvalue weighted by Gasteiger charge is 2.18. The molecule has 0 aliphatic rings. The molecule has 0 bridgehead atoms. The van der Waals surface area contributed by atoms with Crippen LogP contribution in [0.3, 0.4) is 0 Å². The molecule has 6 nitrogen and oxygen atoms in total. The van der Waals surface area contributed by atoms with Crippen LogP contribution in [0.5, 0.6) is 5.88 Å². The van der Waals surface area contributed by atoms with Gasteiger partial charge < -0.3 is 4.74 Å². The molecule has 0 spiro atoms. The van der Waals surface area contributed by atoms with E-state index in [4.69, 9.17) is 9.72 Å². The molecule has 0 radical (unpaired) electrons. The molecule has 2 aromatic carbocycles. The Labute approximate surface area is 207 Å². The molecule has 0 unspecified atom stereocenters. The van der Waals surface area contributed by atoms with Crippen LogP contribution in [0.4, 0.5) is 0 Å². The predicted molar refractivity (Wildman–Crippen MR) is 138 cm³/mol. The second kappa shape index (κ2) is 9.50. The number of halogens is 1. The summed E-state index contributed by atoms with van der Waals surface area (Å²) in [7, 11) is 0. The van der Waals surface area contributed by atoms with Gasteiger partial charge in [0.25, 0.3) is 5.56 Å². The second-order valence-corrected chi connectivity index (χ2v) is 10.1. The zero-order valence-corrected chi connectivity index (χ0v) is 21.5. The first-order chi connectivity index (χ1) is 16.1. The monoisotopic (exact) mass is 518 g/mol. The van der Waals surface area contributed by atoms with E-state index in [1.54, 1.807) is 6.20 Å². The molecule has 4 aromatic rings. The van der Waals surface area contributed by atoms with Gasteiger partial charge in [0.05, 0.1) is 11.4 Å². The van der Waals surface area contributed by atoms with Gasteiger partial charge in [-0.2, -0.15) is 0 Å². The molecular formula is C27H27BrN4O2. The van der Waals surface area contributed by atoms with Crippen molar-refractivity contribution in [2.45, 2.75) is 46.6 Å². The van der Waals surface area contributed by atoms with Crippen LogP contribution in [0.2, 0.25) is 0 Å². The smallest absolute Gasteiger partial charge is 0.276 e. The van der Waals surface area contributed by atoms with Crippen molar-refractivity contribution in [2.24, 2.45) is 0 Å². The Morgan fingerprint density at radius 2 is 1.82 bits per heavy atom. The summed E-state index contributed by atoms with van der Waals surface area (Å²) in [5.41, 5.74) is 5.14. The van der Waals surface area contributed by atoms with Gasteiger partial charge >= 0.3 is 0 Å². The number of aryl methyl sites for hydroxylation is 2. The molecule has 0 amide bonds. The molecule has 0 saturated carbocycles. The van der Waals surface area contributed by atoms with Crippen LogP contribution in [0.1, 0.15) is 43.3 Å². The quantitative estimate of drug-likeness (QED) is 0.326. The summed E-state index contributed by atoms with van der Waals surface area (Å²) in [6.07, 6.45) is 3.28. The van der Waals surface area contributed by atoms with E-state index in [9.17, 15) is 4.79 Å². The third-order valence-electron chi connectivity index (χ3n) is 5.43. The molecule has 4 rings (SSSR count). The highest BCUT2D eigenvalue weighted by atomic mass is 79.9. The Hall–Kier alpha value is -3.32. The third-order valence-corrected chi connectivity index (χ3v) is 6.11.